The molecule has 3 rings (SSSR count). The Hall–Kier alpha value is -2.19. The number of aromatic nitrogens is 2. The number of benzene rings is 1. The number of ether oxygens (including phenoxy) is 1. The van der Waals surface area contributed by atoms with Crippen molar-refractivity contribution in [3.8, 4) is 0 Å². The number of halogens is 1. The van der Waals surface area contributed by atoms with Gasteiger partial charge in [0.2, 0.25) is 0 Å². The fourth-order valence-electron chi connectivity index (χ4n) is 2.67. The number of aromatic amines is 1. The quantitative estimate of drug-likeness (QED) is 0.606. The number of hydrogen-bond acceptors (Lipinski definition) is 6. The summed E-state index contributed by atoms with van der Waals surface area (Å²) < 4.78 is 18.3. The number of esters is 1. The molecule has 0 aliphatic rings. The van der Waals surface area contributed by atoms with E-state index in [4.69, 9.17) is 4.74 Å². The maximum Gasteiger partial charge on any atom is 0.348 e. The molecule has 0 radical (unpaired) electrons. The molecular formula is C19H19FN2O3S2. The first-order chi connectivity index (χ1) is 12.9. The van der Waals surface area contributed by atoms with Crippen LogP contribution in [-0.4, -0.2) is 22.5 Å². The van der Waals surface area contributed by atoms with Crippen LogP contribution in [-0.2, 0) is 10.5 Å². The highest BCUT2D eigenvalue weighted by Gasteiger charge is 2.21. The molecule has 3 aromatic rings. The van der Waals surface area contributed by atoms with E-state index in [0.29, 0.717) is 32.2 Å². The summed E-state index contributed by atoms with van der Waals surface area (Å²) in [4.78, 5) is 32.9. The molecule has 0 fully saturated rings. The summed E-state index contributed by atoms with van der Waals surface area (Å²) in [7, 11) is 0. The summed E-state index contributed by atoms with van der Waals surface area (Å²) in [6, 6.07) is 6.43. The van der Waals surface area contributed by atoms with Gasteiger partial charge in [0.05, 0.1) is 17.2 Å². The molecule has 8 heteroatoms. The highest BCUT2D eigenvalue weighted by atomic mass is 32.2. The van der Waals surface area contributed by atoms with E-state index < -0.39 is 5.97 Å². The smallest absolute Gasteiger partial charge is 0.348 e. The Morgan fingerprint density at radius 1 is 1.44 bits per heavy atom. The molecule has 1 N–H and O–H groups in total. The molecule has 142 valence electrons. The van der Waals surface area contributed by atoms with Gasteiger partial charge in [-0.2, -0.15) is 0 Å². The van der Waals surface area contributed by atoms with Crippen LogP contribution in [0.25, 0.3) is 10.2 Å². The summed E-state index contributed by atoms with van der Waals surface area (Å²) in [5.74, 6) is 0.422. The lowest BCUT2D eigenvalue weighted by atomic mass is 10.2. The van der Waals surface area contributed by atoms with Gasteiger partial charge in [0, 0.05) is 5.75 Å². The normalized spacial score (nSPS) is 12.3. The lowest BCUT2D eigenvalue weighted by Gasteiger charge is -2.10. The molecule has 2 aromatic heterocycles. The molecule has 0 unspecified atom stereocenters. The highest BCUT2D eigenvalue weighted by Crippen LogP contribution is 2.32. The van der Waals surface area contributed by atoms with Crippen molar-refractivity contribution in [1.29, 1.82) is 0 Å². The van der Waals surface area contributed by atoms with Gasteiger partial charge in [-0.05, 0) is 44.0 Å². The maximum atomic E-state index is 13.3. The molecule has 0 bridgehead atoms. The SMILES string of the molecule is CCOC(=O)c1sc2nc([C@@H](C)SCc3cccc(F)c3)[nH]c(=O)c2c1C. The van der Waals surface area contributed by atoms with Gasteiger partial charge in [0.1, 0.15) is 21.3 Å². The molecule has 27 heavy (non-hydrogen) atoms. The maximum absolute atomic E-state index is 13.3. The van der Waals surface area contributed by atoms with Crippen LogP contribution in [0.3, 0.4) is 0 Å². The van der Waals surface area contributed by atoms with Crippen LogP contribution in [0.15, 0.2) is 29.1 Å². The van der Waals surface area contributed by atoms with Crippen molar-refractivity contribution < 1.29 is 13.9 Å². The van der Waals surface area contributed by atoms with Crippen LogP contribution in [0.5, 0.6) is 0 Å². The number of nitrogens with one attached hydrogen (secondary N) is 1. The molecule has 0 saturated carbocycles. The first kappa shape index (κ1) is 19.6. The van der Waals surface area contributed by atoms with Gasteiger partial charge in [0.15, 0.2) is 0 Å². The zero-order valence-electron chi connectivity index (χ0n) is 15.2. The third-order valence-corrected chi connectivity index (χ3v) is 6.44. The zero-order chi connectivity index (χ0) is 19.6. The fourth-order valence-corrected chi connectivity index (χ4v) is 4.65. The number of nitrogens with zero attached hydrogens (tertiary/aromatic N) is 1. The van der Waals surface area contributed by atoms with Crippen LogP contribution in [0.1, 0.15) is 45.7 Å². The van der Waals surface area contributed by atoms with Gasteiger partial charge in [0.25, 0.3) is 5.56 Å². The largest absolute Gasteiger partial charge is 0.462 e. The molecule has 2 heterocycles. The van der Waals surface area contributed by atoms with Crippen molar-refractivity contribution in [3.63, 3.8) is 0 Å². The van der Waals surface area contributed by atoms with Crippen molar-refractivity contribution in [2.45, 2.75) is 31.8 Å². The van der Waals surface area contributed by atoms with E-state index in [1.807, 2.05) is 13.0 Å². The second kappa shape index (κ2) is 8.22. The number of thiophene rings is 1. The number of carbonyl (C=O) groups is 1. The third-order valence-electron chi connectivity index (χ3n) is 4.05. The van der Waals surface area contributed by atoms with E-state index in [1.165, 1.54) is 23.5 Å². The summed E-state index contributed by atoms with van der Waals surface area (Å²) in [5, 5.41) is 0.327. The van der Waals surface area contributed by atoms with E-state index in [9.17, 15) is 14.0 Å². The van der Waals surface area contributed by atoms with Gasteiger partial charge in [-0.1, -0.05) is 12.1 Å². The molecule has 0 aliphatic heterocycles. The van der Waals surface area contributed by atoms with Crippen molar-refractivity contribution >= 4 is 39.3 Å². The van der Waals surface area contributed by atoms with Crippen LogP contribution in [0, 0.1) is 12.7 Å². The summed E-state index contributed by atoms with van der Waals surface area (Å²) in [5.41, 5.74) is 1.19. The number of aryl methyl sites for hydroxylation is 1. The minimum atomic E-state index is -0.438. The minimum Gasteiger partial charge on any atom is -0.462 e. The Morgan fingerprint density at radius 3 is 2.93 bits per heavy atom. The second-order valence-electron chi connectivity index (χ2n) is 5.99. The average molecular weight is 407 g/mol. The monoisotopic (exact) mass is 406 g/mol. The molecular weight excluding hydrogens is 387 g/mol. The lowest BCUT2D eigenvalue weighted by molar-refractivity contribution is 0.0531. The number of rotatable bonds is 6. The summed E-state index contributed by atoms with van der Waals surface area (Å²) >= 11 is 2.72. The van der Waals surface area contributed by atoms with Crippen LogP contribution in [0.2, 0.25) is 0 Å². The van der Waals surface area contributed by atoms with Crippen LogP contribution < -0.4 is 5.56 Å². The van der Waals surface area contributed by atoms with Gasteiger partial charge >= 0.3 is 5.97 Å². The predicted octanol–water partition coefficient (Wildman–Crippen LogP) is 4.60. The number of fused-ring (bicyclic) bond motifs is 1. The molecule has 0 aliphatic carbocycles. The van der Waals surface area contributed by atoms with Gasteiger partial charge in [-0.3, -0.25) is 4.79 Å². The van der Waals surface area contributed by atoms with Gasteiger partial charge < -0.3 is 9.72 Å². The van der Waals surface area contributed by atoms with Crippen LogP contribution in [0.4, 0.5) is 4.39 Å². The minimum absolute atomic E-state index is 0.0983. The molecule has 1 atom stereocenters. The Labute approximate surface area is 164 Å². The second-order valence-corrected chi connectivity index (χ2v) is 8.32. The van der Waals surface area contributed by atoms with E-state index in [1.54, 1.807) is 31.7 Å². The Kier molecular flexibility index (Phi) is 5.96. The molecule has 0 spiro atoms. The van der Waals surface area contributed by atoms with Crippen molar-refractivity contribution in [2.24, 2.45) is 0 Å². The molecule has 1 aromatic carbocycles. The number of hydrogen-bond donors (Lipinski definition) is 1. The lowest BCUT2D eigenvalue weighted by Crippen LogP contribution is -2.13. The highest BCUT2D eigenvalue weighted by molar-refractivity contribution is 7.98. The van der Waals surface area contributed by atoms with E-state index in [2.05, 4.69) is 9.97 Å². The molecule has 5 nitrogen and oxygen atoms in total. The first-order valence-corrected chi connectivity index (χ1v) is 10.3. The van der Waals surface area contributed by atoms with Gasteiger partial charge in [-0.15, -0.1) is 23.1 Å². The van der Waals surface area contributed by atoms with Crippen LogP contribution >= 0.6 is 23.1 Å². The van der Waals surface area contributed by atoms with E-state index in [-0.39, 0.29) is 23.2 Å². The van der Waals surface area contributed by atoms with Crippen molar-refractivity contribution in [2.75, 3.05) is 6.61 Å². The Balaban J connectivity index is 1.86. The number of thioether (sulfide) groups is 1. The third kappa shape index (κ3) is 4.22. The Bertz CT molecular complexity index is 1050. The molecule has 0 amide bonds. The van der Waals surface area contributed by atoms with Crippen molar-refractivity contribution in [3.05, 3.63) is 62.3 Å². The Morgan fingerprint density at radius 2 is 2.22 bits per heavy atom. The zero-order valence-corrected chi connectivity index (χ0v) is 16.8. The van der Waals surface area contributed by atoms with Gasteiger partial charge in [-0.25, -0.2) is 14.2 Å². The first-order valence-electron chi connectivity index (χ1n) is 8.47. The van der Waals surface area contributed by atoms with Crippen molar-refractivity contribution in [1.82, 2.24) is 9.97 Å². The number of carbonyl (C=O) groups excluding carboxylic acids is 1. The fraction of sp³-hybridized carbons (Fsp3) is 0.316. The summed E-state index contributed by atoms with van der Waals surface area (Å²) in [6.07, 6.45) is 0. The van der Waals surface area contributed by atoms with E-state index >= 15 is 0 Å². The predicted molar refractivity (Wildman–Crippen MR) is 107 cm³/mol. The average Bonchev–Trinajstić information content (AvgIpc) is 2.97. The van der Waals surface area contributed by atoms with E-state index in [0.717, 1.165) is 5.56 Å². The number of H-pyrrole nitrogens is 1. The topological polar surface area (TPSA) is 72.0 Å². The summed E-state index contributed by atoms with van der Waals surface area (Å²) in [6.45, 7) is 5.67. The standard InChI is InChI=1S/C19H19FN2O3S2/c1-4-25-19(24)15-10(2)14-17(23)21-16(22-18(14)27-15)11(3)26-9-12-6-5-7-13(20)8-12/h5-8,11H,4,9H2,1-3H3,(H,21,22,23)/t11-/m1/s1. The molecule has 0 saturated heterocycles.